The van der Waals surface area contributed by atoms with Crippen molar-refractivity contribution in [1.82, 2.24) is 15.2 Å². The summed E-state index contributed by atoms with van der Waals surface area (Å²) < 4.78 is 11.8. The van der Waals surface area contributed by atoms with E-state index in [0.29, 0.717) is 23.6 Å². The minimum Gasteiger partial charge on any atom is -0.497 e. The van der Waals surface area contributed by atoms with E-state index in [9.17, 15) is 4.79 Å². The van der Waals surface area contributed by atoms with Crippen LogP contribution in [0.4, 0.5) is 5.13 Å². The largest absolute Gasteiger partial charge is 0.497 e. The molecule has 0 unspecified atom stereocenters. The van der Waals surface area contributed by atoms with E-state index in [1.54, 1.807) is 43.8 Å². The maximum atomic E-state index is 12.5. The van der Waals surface area contributed by atoms with Crippen molar-refractivity contribution in [2.45, 2.75) is 13.8 Å². The summed E-state index contributed by atoms with van der Waals surface area (Å²) in [5.41, 5.74) is 4.19. The normalized spacial score (nSPS) is 14.6. The molecule has 4 rings (SSSR count). The molecule has 3 aromatic rings. The lowest BCUT2D eigenvalue weighted by Gasteiger charge is -2.34. The predicted octanol–water partition coefficient (Wildman–Crippen LogP) is 3.48. The first-order chi connectivity index (χ1) is 15.5. The number of nitrogens with zero attached hydrogens (tertiary/aromatic N) is 3. The first kappa shape index (κ1) is 22.4. The lowest BCUT2D eigenvalue weighted by atomic mass is 10.1. The van der Waals surface area contributed by atoms with E-state index in [4.69, 9.17) is 14.5 Å². The molecule has 1 aliphatic rings. The average Bonchev–Trinajstić information content (AvgIpc) is 3.23. The van der Waals surface area contributed by atoms with Crippen molar-refractivity contribution in [3.63, 3.8) is 0 Å². The molecule has 1 amide bonds. The molecule has 1 fully saturated rings. The fourth-order valence-electron chi connectivity index (χ4n) is 4.03. The van der Waals surface area contributed by atoms with Crippen LogP contribution in [-0.4, -0.2) is 69.3 Å². The van der Waals surface area contributed by atoms with Crippen LogP contribution in [0.25, 0.3) is 10.2 Å². The second-order valence-corrected chi connectivity index (χ2v) is 9.09. The van der Waals surface area contributed by atoms with Crippen LogP contribution >= 0.6 is 11.3 Å². The number of nitrogens with one attached hydrogen (secondary N) is 1. The molecule has 1 saturated heterocycles. The number of aryl methyl sites for hydroxylation is 2. The Bertz CT molecular complexity index is 1080. The molecule has 1 aliphatic heterocycles. The molecular formula is C24H30N4O3S. The van der Waals surface area contributed by atoms with Gasteiger partial charge in [0.25, 0.3) is 5.91 Å². The molecule has 1 aromatic heterocycles. The van der Waals surface area contributed by atoms with Gasteiger partial charge >= 0.3 is 0 Å². The van der Waals surface area contributed by atoms with Crippen molar-refractivity contribution >= 4 is 32.6 Å². The van der Waals surface area contributed by atoms with Gasteiger partial charge in [-0.1, -0.05) is 17.4 Å². The van der Waals surface area contributed by atoms with Gasteiger partial charge in [0.1, 0.15) is 11.5 Å². The molecule has 32 heavy (non-hydrogen) atoms. The monoisotopic (exact) mass is 454 g/mol. The number of anilines is 1. The summed E-state index contributed by atoms with van der Waals surface area (Å²) in [4.78, 5) is 22.2. The Morgan fingerprint density at radius 3 is 2.38 bits per heavy atom. The number of hydrogen-bond donors (Lipinski definition) is 1. The first-order valence-corrected chi connectivity index (χ1v) is 11.6. The third kappa shape index (κ3) is 4.97. The number of carbonyl (C=O) groups is 1. The third-order valence-electron chi connectivity index (χ3n) is 5.78. The number of hydrogen-bond acceptors (Lipinski definition) is 7. The van der Waals surface area contributed by atoms with Crippen LogP contribution in [0, 0.1) is 13.8 Å². The van der Waals surface area contributed by atoms with Crippen molar-refractivity contribution in [3.05, 3.63) is 47.0 Å². The van der Waals surface area contributed by atoms with Gasteiger partial charge in [-0.25, -0.2) is 4.98 Å². The quantitative estimate of drug-likeness (QED) is 0.590. The maximum Gasteiger partial charge on any atom is 0.251 e. The molecule has 0 saturated carbocycles. The number of benzene rings is 2. The molecule has 2 heterocycles. The fourth-order valence-corrected chi connectivity index (χ4v) is 5.10. The Kier molecular flexibility index (Phi) is 6.81. The number of methoxy groups -OCH3 is 2. The molecule has 0 radical (unpaired) electrons. The van der Waals surface area contributed by atoms with Gasteiger partial charge in [-0.3, -0.25) is 9.69 Å². The number of rotatable bonds is 7. The first-order valence-electron chi connectivity index (χ1n) is 10.8. The van der Waals surface area contributed by atoms with Crippen LogP contribution in [0.15, 0.2) is 30.3 Å². The highest BCUT2D eigenvalue weighted by molar-refractivity contribution is 7.22. The number of ether oxygens (including phenoxy) is 2. The lowest BCUT2D eigenvalue weighted by molar-refractivity contribution is 0.0947. The van der Waals surface area contributed by atoms with Gasteiger partial charge in [-0.15, -0.1) is 0 Å². The second-order valence-electron chi connectivity index (χ2n) is 8.11. The zero-order valence-electron chi connectivity index (χ0n) is 19.1. The van der Waals surface area contributed by atoms with Gasteiger partial charge in [0.15, 0.2) is 5.13 Å². The van der Waals surface area contributed by atoms with Gasteiger partial charge in [-0.2, -0.15) is 0 Å². The Morgan fingerprint density at radius 1 is 1.03 bits per heavy atom. The third-order valence-corrected chi connectivity index (χ3v) is 7.05. The van der Waals surface area contributed by atoms with Crippen molar-refractivity contribution in [3.8, 4) is 11.5 Å². The van der Waals surface area contributed by atoms with E-state index in [1.165, 1.54) is 15.8 Å². The molecule has 0 aliphatic carbocycles. The van der Waals surface area contributed by atoms with Crippen molar-refractivity contribution < 1.29 is 14.3 Å². The number of fused-ring (bicyclic) bond motifs is 1. The van der Waals surface area contributed by atoms with Crippen molar-refractivity contribution in [1.29, 1.82) is 0 Å². The molecule has 0 bridgehead atoms. The summed E-state index contributed by atoms with van der Waals surface area (Å²) in [7, 11) is 3.15. The molecule has 2 aromatic carbocycles. The maximum absolute atomic E-state index is 12.5. The van der Waals surface area contributed by atoms with Crippen LogP contribution in [0.5, 0.6) is 11.5 Å². The average molecular weight is 455 g/mol. The molecular weight excluding hydrogens is 424 g/mol. The van der Waals surface area contributed by atoms with E-state index in [1.807, 2.05) is 0 Å². The standard InChI is InChI=1S/C24H30N4O3S/c1-16-11-17(2)22-21(12-16)26-24(32-22)28-9-7-27(8-10-28)6-5-25-23(29)18-13-19(30-3)15-20(14-18)31-4/h11-15H,5-10H2,1-4H3,(H,25,29). The zero-order chi connectivity index (χ0) is 22.7. The van der Waals surface area contributed by atoms with Crippen LogP contribution < -0.4 is 19.7 Å². The van der Waals surface area contributed by atoms with E-state index in [0.717, 1.165) is 43.4 Å². The topological polar surface area (TPSA) is 66.9 Å². The number of aromatic nitrogens is 1. The minimum atomic E-state index is -0.124. The highest BCUT2D eigenvalue weighted by Gasteiger charge is 2.20. The number of amides is 1. The summed E-state index contributed by atoms with van der Waals surface area (Å²) in [5.74, 6) is 1.08. The molecule has 170 valence electrons. The van der Waals surface area contributed by atoms with Crippen LogP contribution in [-0.2, 0) is 0 Å². The highest BCUT2D eigenvalue weighted by Crippen LogP contribution is 2.32. The summed E-state index contributed by atoms with van der Waals surface area (Å²) >= 11 is 1.78. The van der Waals surface area contributed by atoms with Crippen LogP contribution in [0.3, 0.4) is 0 Å². The van der Waals surface area contributed by atoms with Crippen molar-refractivity contribution in [2.75, 3.05) is 58.4 Å². The number of piperazine rings is 1. The van der Waals surface area contributed by atoms with Gasteiger partial charge in [-0.05, 0) is 43.2 Å². The van der Waals surface area contributed by atoms with Crippen LogP contribution in [0.2, 0.25) is 0 Å². The number of thiazole rings is 1. The van der Waals surface area contributed by atoms with E-state index < -0.39 is 0 Å². The van der Waals surface area contributed by atoms with Gasteiger partial charge in [0, 0.05) is 50.9 Å². The van der Waals surface area contributed by atoms with E-state index >= 15 is 0 Å². The zero-order valence-corrected chi connectivity index (χ0v) is 19.9. The predicted molar refractivity (Wildman–Crippen MR) is 130 cm³/mol. The SMILES string of the molecule is COc1cc(OC)cc(C(=O)NCCN2CCN(c3nc4cc(C)cc(C)c4s3)CC2)c1. The van der Waals surface area contributed by atoms with Crippen LogP contribution in [0.1, 0.15) is 21.5 Å². The molecule has 0 atom stereocenters. The van der Waals surface area contributed by atoms with Gasteiger partial charge < -0.3 is 19.7 Å². The molecule has 8 heteroatoms. The number of carbonyl (C=O) groups excluding carboxylic acids is 1. The smallest absolute Gasteiger partial charge is 0.251 e. The summed E-state index contributed by atoms with van der Waals surface area (Å²) in [6.07, 6.45) is 0. The Balaban J connectivity index is 1.28. The summed E-state index contributed by atoms with van der Waals surface area (Å²) in [6.45, 7) is 9.49. The highest BCUT2D eigenvalue weighted by atomic mass is 32.1. The van der Waals surface area contributed by atoms with Gasteiger partial charge in [0.05, 0.1) is 24.4 Å². The van der Waals surface area contributed by atoms with E-state index in [2.05, 4.69) is 41.1 Å². The minimum absolute atomic E-state index is 0.124. The molecule has 0 spiro atoms. The summed E-state index contributed by atoms with van der Waals surface area (Å²) in [5, 5.41) is 4.11. The Labute approximate surface area is 192 Å². The molecule has 1 N–H and O–H groups in total. The summed E-state index contributed by atoms with van der Waals surface area (Å²) in [6, 6.07) is 9.58. The second kappa shape index (κ2) is 9.75. The Hall–Kier alpha value is -2.84. The fraction of sp³-hybridized carbons (Fsp3) is 0.417. The van der Waals surface area contributed by atoms with E-state index in [-0.39, 0.29) is 5.91 Å². The lowest BCUT2D eigenvalue weighted by Crippen LogP contribution is -2.48. The van der Waals surface area contributed by atoms with Crippen molar-refractivity contribution in [2.24, 2.45) is 0 Å². The molecule has 7 nitrogen and oxygen atoms in total. The Morgan fingerprint density at radius 2 is 1.72 bits per heavy atom. The van der Waals surface area contributed by atoms with Gasteiger partial charge in [0.2, 0.25) is 0 Å².